The standard InChI is InChI=1S/C21H31N3O2/c1-3-15(2)22-21(26)18-14-17(23-20(25)16-8-4-5-9-16)10-11-19(18)24-12-6-7-13-24/h10-11,14-16H,3-9,12-13H2,1-2H3,(H,22,26)(H,23,25). The van der Waals surface area contributed by atoms with E-state index in [4.69, 9.17) is 0 Å². The lowest BCUT2D eigenvalue weighted by Gasteiger charge is -2.23. The molecule has 0 radical (unpaired) electrons. The zero-order valence-electron chi connectivity index (χ0n) is 16.0. The van der Waals surface area contributed by atoms with Crippen LogP contribution in [0.15, 0.2) is 18.2 Å². The maximum Gasteiger partial charge on any atom is 0.253 e. The molecule has 2 fully saturated rings. The fourth-order valence-electron chi connectivity index (χ4n) is 3.87. The molecular weight excluding hydrogens is 326 g/mol. The Morgan fingerprint density at radius 3 is 2.50 bits per heavy atom. The third-order valence-corrected chi connectivity index (χ3v) is 5.67. The van der Waals surface area contributed by atoms with Crippen molar-refractivity contribution in [2.24, 2.45) is 5.92 Å². The summed E-state index contributed by atoms with van der Waals surface area (Å²) in [5.74, 6) is 0.147. The van der Waals surface area contributed by atoms with Crippen LogP contribution < -0.4 is 15.5 Å². The lowest BCUT2D eigenvalue weighted by molar-refractivity contribution is -0.119. The van der Waals surface area contributed by atoms with Crippen molar-refractivity contribution in [3.63, 3.8) is 0 Å². The van der Waals surface area contributed by atoms with Crippen molar-refractivity contribution in [1.29, 1.82) is 0 Å². The molecular formula is C21H31N3O2. The average molecular weight is 357 g/mol. The first-order valence-corrected chi connectivity index (χ1v) is 10.1. The molecule has 2 aliphatic rings. The molecule has 1 aromatic carbocycles. The number of hydrogen-bond acceptors (Lipinski definition) is 3. The third-order valence-electron chi connectivity index (χ3n) is 5.67. The fraction of sp³-hybridized carbons (Fsp3) is 0.619. The highest BCUT2D eigenvalue weighted by Crippen LogP contribution is 2.29. The Labute approximate surface area is 156 Å². The number of hydrogen-bond donors (Lipinski definition) is 2. The van der Waals surface area contributed by atoms with Gasteiger partial charge in [-0.05, 0) is 57.2 Å². The van der Waals surface area contributed by atoms with Gasteiger partial charge in [0.15, 0.2) is 0 Å². The van der Waals surface area contributed by atoms with Crippen LogP contribution in [-0.2, 0) is 4.79 Å². The molecule has 1 saturated heterocycles. The number of nitrogens with one attached hydrogen (secondary N) is 2. The van der Waals surface area contributed by atoms with E-state index in [1.165, 1.54) is 0 Å². The topological polar surface area (TPSA) is 61.4 Å². The smallest absolute Gasteiger partial charge is 0.253 e. The second-order valence-electron chi connectivity index (χ2n) is 7.68. The molecule has 0 aromatic heterocycles. The summed E-state index contributed by atoms with van der Waals surface area (Å²) in [4.78, 5) is 27.5. The summed E-state index contributed by atoms with van der Waals surface area (Å²) in [6.07, 6.45) is 7.42. The minimum atomic E-state index is -0.0572. The molecule has 1 aliphatic heterocycles. The number of benzene rings is 1. The summed E-state index contributed by atoms with van der Waals surface area (Å²) < 4.78 is 0. The van der Waals surface area contributed by atoms with Gasteiger partial charge in [0.2, 0.25) is 5.91 Å². The molecule has 2 amide bonds. The van der Waals surface area contributed by atoms with Gasteiger partial charge in [0.1, 0.15) is 0 Å². The van der Waals surface area contributed by atoms with Gasteiger partial charge in [-0.2, -0.15) is 0 Å². The van der Waals surface area contributed by atoms with Crippen molar-refractivity contribution in [1.82, 2.24) is 5.32 Å². The van der Waals surface area contributed by atoms with E-state index in [0.29, 0.717) is 5.56 Å². The highest BCUT2D eigenvalue weighted by atomic mass is 16.2. The zero-order chi connectivity index (χ0) is 18.5. The quantitative estimate of drug-likeness (QED) is 0.810. The molecule has 1 unspecified atom stereocenters. The third kappa shape index (κ3) is 4.37. The van der Waals surface area contributed by atoms with Crippen molar-refractivity contribution in [2.45, 2.75) is 64.8 Å². The second kappa shape index (κ2) is 8.56. The average Bonchev–Trinajstić information content (AvgIpc) is 3.35. The van der Waals surface area contributed by atoms with Crippen LogP contribution in [0.5, 0.6) is 0 Å². The van der Waals surface area contributed by atoms with E-state index < -0.39 is 0 Å². The molecule has 0 bridgehead atoms. The molecule has 5 heteroatoms. The Morgan fingerprint density at radius 2 is 1.85 bits per heavy atom. The first kappa shape index (κ1) is 18.7. The summed E-state index contributed by atoms with van der Waals surface area (Å²) in [7, 11) is 0. The molecule has 26 heavy (non-hydrogen) atoms. The Balaban J connectivity index is 1.81. The van der Waals surface area contributed by atoms with Gasteiger partial charge in [0.25, 0.3) is 5.91 Å². The van der Waals surface area contributed by atoms with Gasteiger partial charge in [0, 0.05) is 36.4 Å². The van der Waals surface area contributed by atoms with Gasteiger partial charge in [-0.15, -0.1) is 0 Å². The number of carbonyl (C=O) groups is 2. The van der Waals surface area contributed by atoms with E-state index >= 15 is 0 Å². The molecule has 1 aromatic rings. The first-order chi connectivity index (χ1) is 12.6. The van der Waals surface area contributed by atoms with Crippen molar-refractivity contribution < 1.29 is 9.59 Å². The molecule has 142 valence electrons. The number of rotatable bonds is 6. The summed E-state index contributed by atoms with van der Waals surface area (Å²) in [5.41, 5.74) is 2.36. The van der Waals surface area contributed by atoms with Gasteiger partial charge in [-0.25, -0.2) is 0 Å². The summed E-state index contributed by atoms with van der Waals surface area (Å²) >= 11 is 0. The van der Waals surface area contributed by atoms with Gasteiger partial charge in [0.05, 0.1) is 5.56 Å². The van der Waals surface area contributed by atoms with Gasteiger partial charge in [-0.3, -0.25) is 9.59 Å². The van der Waals surface area contributed by atoms with Crippen LogP contribution in [0.25, 0.3) is 0 Å². The van der Waals surface area contributed by atoms with Gasteiger partial charge < -0.3 is 15.5 Å². The van der Waals surface area contributed by atoms with Crippen LogP contribution in [-0.4, -0.2) is 30.9 Å². The summed E-state index contributed by atoms with van der Waals surface area (Å²) in [5, 5.41) is 6.09. The van der Waals surface area contributed by atoms with Crippen molar-refractivity contribution in [3.05, 3.63) is 23.8 Å². The maximum atomic E-state index is 12.8. The summed E-state index contributed by atoms with van der Waals surface area (Å²) in [6.45, 7) is 6.04. The molecule has 1 atom stereocenters. The normalized spacial score (nSPS) is 18.8. The van der Waals surface area contributed by atoms with E-state index in [9.17, 15) is 9.59 Å². The predicted octanol–water partition coefficient (Wildman–Crippen LogP) is 3.94. The van der Waals surface area contributed by atoms with Crippen LogP contribution in [0, 0.1) is 5.92 Å². The van der Waals surface area contributed by atoms with Crippen LogP contribution in [0.1, 0.15) is 69.2 Å². The minimum absolute atomic E-state index is 0.0572. The SMILES string of the molecule is CCC(C)NC(=O)c1cc(NC(=O)C2CCCC2)ccc1N1CCCC1. The zero-order valence-corrected chi connectivity index (χ0v) is 16.0. The molecule has 0 spiro atoms. The number of nitrogens with zero attached hydrogens (tertiary/aromatic N) is 1. The highest BCUT2D eigenvalue weighted by molar-refractivity contribution is 6.02. The highest BCUT2D eigenvalue weighted by Gasteiger charge is 2.24. The van der Waals surface area contributed by atoms with Crippen LogP contribution in [0.4, 0.5) is 11.4 Å². The van der Waals surface area contributed by atoms with E-state index in [1.807, 2.05) is 25.1 Å². The predicted molar refractivity (Wildman–Crippen MR) is 106 cm³/mol. The summed E-state index contributed by atoms with van der Waals surface area (Å²) in [6, 6.07) is 5.89. The van der Waals surface area contributed by atoms with Gasteiger partial charge in [-0.1, -0.05) is 19.8 Å². The van der Waals surface area contributed by atoms with Crippen molar-refractivity contribution >= 4 is 23.2 Å². The molecule has 3 rings (SSSR count). The van der Waals surface area contributed by atoms with E-state index in [0.717, 1.165) is 69.4 Å². The fourth-order valence-corrected chi connectivity index (χ4v) is 3.87. The number of amides is 2. The molecule has 2 N–H and O–H groups in total. The van der Waals surface area contributed by atoms with Crippen molar-refractivity contribution in [2.75, 3.05) is 23.3 Å². The van der Waals surface area contributed by atoms with E-state index in [2.05, 4.69) is 22.5 Å². The molecule has 1 saturated carbocycles. The van der Waals surface area contributed by atoms with E-state index in [-0.39, 0.29) is 23.8 Å². The lowest BCUT2D eigenvalue weighted by atomic mass is 10.1. The number of carbonyl (C=O) groups excluding carboxylic acids is 2. The van der Waals surface area contributed by atoms with Gasteiger partial charge >= 0.3 is 0 Å². The Morgan fingerprint density at radius 1 is 1.15 bits per heavy atom. The Hall–Kier alpha value is -2.04. The van der Waals surface area contributed by atoms with E-state index in [1.54, 1.807) is 0 Å². The molecule has 1 aliphatic carbocycles. The molecule has 5 nitrogen and oxygen atoms in total. The molecule has 1 heterocycles. The monoisotopic (exact) mass is 357 g/mol. The second-order valence-corrected chi connectivity index (χ2v) is 7.68. The maximum absolute atomic E-state index is 12.8. The minimum Gasteiger partial charge on any atom is -0.371 e. The first-order valence-electron chi connectivity index (χ1n) is 10.1. The Kier molecular flexibility index (Phi) is 6.17. The number of anilines is 2. The van der Waals surface area contributed by atoms with Crippen LogP contribution in [0.2, 0.25) is 0 Å². The van der Waals surface area contributed by atoms with Crippen LogP contribution >= 0.6 is 0 Å². The van der Waals surface area contributed by atoms with Crippen LogP contribution in [0.3, 0.4) is 0 Å². The lowest BCUT2D eigenvalue weighted by Crippen LogP contribution is -2.33. The largest absolute Gasteiger partial charge is 0.371 e. The Bertz CT molecular complexity index is 647. The van der Waals surface area contributed by atoms with Crippen molar-refractivity contribution in [3.8, 4) is 0 Å².